The van der Waals surface area contributed by atoms with Gasteiger partial charge in [0, 0.05) is 11.8 Å². The molecule has 0 bridgehead atoms. The van der Waals surface area contributed by atoms with Crippen molar-refractivity contribution in [2.75, 3.05) is 0 Å². The first kappa shape index (κ1) is 11.1. The van der Waals surface area contributed by atoms with Crippen LogP contribution in [-0.4, -0.2) is 5.11 Å². The van der Waals surface area contributed by atoms with Gasteiger partial charge in [-0.1, -0.05) is 42.5 Å². The van der Waals surface area contributed by atoms with E-state index in [2.05, 4.69) is 18.2 Å². The van der Waals surface area contributed by atoms with Gasteiger partial charge in [0.1, 0.15) is 11.3 Å². The average molecular weight is 238 g/mol. The van der Waals surface area contributed by atoms with Crippen LogP contribution in [0.1, 0.15) is 16.9 Å². The van der Waals surface area contributed by atoms with Crippen LogP contribution in [0.2, 0.25) is 0 Å². The molecule has 0 amide bonds. The first-order valence-corrected chi connectivity index (χ1v) is 6.01. The predicted molar refractivity (Wildman–Crippen MR) is 71.4 cm³/mol. The van der Waals surface area contributed by atoms with E-state index in [0.717, 1.165) is 28.7 Å². The maximum Gasteiger partial charge on any atom is 0.134 e. The normalized spacial score (nSPS) is 10.9. The molecule has 0 atom stereocenters. The number of hydrogen-bond donors (Lipinski definition) is 1. The third-order valence-electron chi connectivity index (χ3n) is 3.04. The van der Waals surface area contributed by atoms with Gasteiger partial charge in [-0.2, -0.15) is 0 Å². The van der Waals surface area contributed by atoms with Crippen LogP contribution < -0.4 is 0 Å². The zero-order chi connectivity index (χ0) is 12.4. The Balaban J connectivity index is 1.94. The summed E-state index contributed by atoms with van der Waals surface area (Å²) in [5.41, 5.74) is 2.95. The SMILES string of the molecule is OCc1ccc2cc(Cc3ccccc3)oc2c1. The molecule has 18 heavy (non-hydrogen) atoms. The van der Waals surface area contributed by atoms with Gasteiger partial charge in [-0.3, -0.25) is 0 Å². The van der Waals surface area contributed by atoms with E-state index in [0.29, 0.717) is 0 Å². The second-order valence-corrected chi connectivity index (χ2v) is 4.41. The van der Waals surface area contributed by atoms with E-state index in [1.807, 2.05) is 36.4 Å². The van der Waals surface area contributed by atoms with Crippen LogP contribution in [0.5, 0.6) is 0 Å². The fraction of sp³-hybridized carbons (Fsp3) is 0.125. The van der Waals surface area contributed by atoms with Gasteiger partial charge in [-0.15, -0.1) is 0 Å². The maximum atomic E-state index is 9.10. The van der Waals surface area contributed by atoms with Gasteiger partial charge in [-0.05, 0) is 23.3 Å². The van der Waals surface area contributed by atoms with E-state index in [1.165, 1.54) is 5.56 Å². The topological polar surface area (TPSA) is 33.4 Å². The quantitative estimate of drug-likeness (QED) is 0.757. The van der Waals surface area contributed by atoms with Crippen molar-refractivity contribution in [2.24, 2.45) is 0 Å². The molecule has 0 saturated carbocycles. The number of rotatable bonds is 3. The molecule has 0 radical (unpaired) electrons. The lowest BCUT2D eigenvalue weighted by Crippen LogP contribution is -1.83. The highest BCUT2D eigenvalue weighted by Gasteiger charge is 2.05. The van der Waals surface area contributed by atoms with Crippen molar-refractivity contribution < 1.29 is 9.52 Å². The fourth-order valence-electron chi connectivity index (χ4n) is 2.11. The molecule has 0 spiro atoms. The lowest BCUT2D eigenvalue weighted by atomic mass is 10.1. The summed E-state index contributed by atoms with van der Waals surface area (Å²) in [5.74, 6) is 0.950. The smallest absolute Gasteiger partial charge is 0.134 e. The standard InChI is InChI=1S/C16H14O2/c17-11-13-6-7-14-10-15(18-16(14)9-13)8-12-4-2-1-3-5-12/h1-7,9-10,17H,8,11H2. The number of aliphatic hydroxyl groups is 1. The minimum atomic E-state index is 0.0463. The summed E-state index contributed by atoms with van der Waals surface area (Å²) in [6.45, 7) is 0.0463. The van der Waals surface area contributed by atoms with Gasteiger partial charge in [0.05, 0.1) is 6.61 Å². The molecular formula is C16H14O2. The maximum absolute atomic E-state index is 9.10. The zero-order valence-electron chi connectivity index (χ0n) is 9.97. The van der Waals surface area contributed by atoms with Gasteiger partial charge < -0.3 is 9.52 Å². The van der Waals surface area contributed by atoms with Crippen molar-refractivity contribution in [1.82, 2.24) is 0 Å². The minimum Gasteiger partial charge on any atom is -0.461 e. The Bertz CT molecular complexity index is 653. The summed E-state index contributed by atoms with van der Waals surface area (Å²) < 4.78 is 5.80. The van der Waals surface area contributed by atoms with Gasteiger partial charge >= 0.3 is 0 Å². The van der Waals surface area contributed by atoms with Crippen molar-refractivity contribution in [2.45, 2.75) is 13.0 Å². The Hall–Kier alpha value is -2.06. The van der Waals surface area contributed by atoms with E-state index in [1.54, 1.807) is 0 Å². The number of aliphatic hydroxyl groups excluding tert-OH is 1. The predicted octanol–water partition coefficient (Wildman–Crippen LogP) is 3.52. The Morgan fingerprint density at radius 2 is 1.72 bits per heavy atom. The van der Waals surface area contributed by atoms with E-state index in [-0.39, 0.29) is 6.61 Å². The third kappa shape index (κ3) is 2.15. The van der Waals surface area contributed by atoms with Crippen molar-refractivity contribution in [3.05, 3.63) is 71.5 Å². The van der Waals surface area contributed by atoms with Crippen LogP contribution in [0.4, 0.5) is 0 Å². The molecule has 0 aliphatic heterocycles. The molecule has 2 heteroatoms. The summed E-state index contributed by atoms with van der Waals surface area (Å²) in [6.07, 6.45) is 0.796. The molecule has 0 aliphatic rings. The van der Waals surface area contributed by atoms with Crippen LogP contribution in [0.15, 0.2) is 59.0 Å². The second kappa shape index (κ2) is 4.67. The summed E-state index contributed by atoms with van der Waals surface area (Å²) in [6, 6.07) is 18.1. The lowest BCUT2D eigenvalue weighted by Gasteiger charge is -1.96. The van der Waals surface area contributed by atoms with E-state index < -0.39 is 0 Å². The molecule has 1 heterocycles. The number of fused-ring (bicyclic) bond motifs is 1. The van der Waals surface area contributed by atoms with Crippen LogP contribution in [-0.2, 0) is 13.0 Å². The Labute approximate surface area is 105 Å². The van der Waals surface area contributed by atoms with Crippen molar-refractivity contribution in [1.29, 1.82) is 0 Å². The van der Waals surface area contributed by atoms with Gasteiger partial charge in [0.2, 0.25) is 0 Å². The first-order valence-electron chi connectivity index (χ1n) is 6.01. The molecule has 2 aromatic carbocycles. The molecular weight excluding hydrogens is 224 g/mol. The summed E-state index contributed by atoms with van der Waals surface area (Å²) >= 11 is 0. The van der Waals surface area contributed by atoms with Crippen LogP contribution in [0.3, 0.4) is 0 Å². The van der Waals surface area contributed by atoms with Crippen molar-refractivity contribution in [3.8, 4) is 0 Å². The Morgan fingerprint density at radius 3 is 2.50 bits per heavy atom. The summed E-state index contributed by atoms with van der Waals surface area (Å²) in [5, 5.41) is 10.2. The molecule has 90 valence electrons. The molecule has 3 aromatic rings. The fourth-order valence-corrected chi connectivity index (χ4v) is 2.11. The summed E-state index contributed by atoms with van der Waals surface area (Å²) in [4.78, 5) is 0. The molecule has 2 nitrogen and oxygen atoms in total. The van der Waals surface area contributed by atoms with Gasteiger partial charge in [0.25, 0.3) is 0 Å². The van der Waals surface area contributed by atoms with Crippen LogP contribution in [0, 0.1) is 0 Å². The highest BCUT2D eigenvalue weighted by atomic mass is 16.3. The first-order chi connectivity index (χ1) is 8.85. The van der Waals surface area contributed by atoms with Gasteiger partial charge in [0.15, 0.2) is 0 Å². The molecule has 0 unspecified atom stereocenters. The van der Waals surface area contributed by atoms with E-state index in [9.17, 15) is 0 Å². The van der Waals surface area contributed by atoms with Gasteiger partial charge in [-0.25, -0.2) is 0 Å². The lowest BCUT2D eigenvalue weighted by molar-refractivity contribution is 0.282. The Morgan fingerprint density at radius 1 is 0.889 bits per heavy atom. The van der Waals surface area contributed by atoms with Crippen molar-refractivity contribution >= 4 is 11.0 Å². The monoisotopic (exact) mass is 238 g/mol. The largest absolute Gasteiger partial charge is 0.461 e. The number of furan rings is 1. The zero-order valence-corrected chi connectivity index (χ0v) is 9.97. The van der Waals surface area contributed by atoms with Crippen LogP contribution in [0.25, 0.3) is 11.0 Å². The highest BCUT2D eigenvalue weighted by molar-refractivity contribution is 5.78. The molecule has 3 rings (SSSR count). The van der Waals surface area contributed by atoms with E-state index >= 15 is 0 Å². The molecule has 0 fully saturated rings. The molecule has 1 aromatic heterocycles. The minimum absolute atomic E-state index is 0.0463. The third-order valence-corrected chi connectivity index (χ3v) is 3.04. The highest BCUT2D eigenvalue weighted by Crippen LogP contribution is 2.22. The molecule has 1 N–H and O–H groups in total. The molecule has 0 aliphatic carbocycles. The molecule has 0 saturated heterocycles. The van der Waals surface area contributed by atoms with E-state index in [4.69, 9.17) is 9.52 Å². The number of hydrogen-bond acceptors (Lipinski definition) is 2. The average Bonchev–Trinajstić information content (AvgIpc) is 2.80. The number of benzene rings is 2. The Kier molecular flexibility index (Phi) is 2.87. The van der Waals surface area contributed by atoms with Crippen molar-refractivity contribution in [3.63, 3.8) is 0 Å². The second-order valence-electron chi connectivity index (χ2n) is 4.41. The van der Waals surface area contributed by atoms with Crippen LogP contribution >= 0.6 is 0 Å². The summed E-state index contributed by atoms with van der Waals surface area (Å²) in [7, 11) is 0.